The third-order valence-electron chi connectivity index (χ3n) is 6.42. The average Bonchev–Trinajstić information content (AvgIpc) is 3.40. The molecule has 1 fully saturated rings. The average molecular weight is 555 g/mol. The number of hydrogen-bond acceptors (Lipinski definition) is 5. The van der Waals surface area contributed by atoms with Gasteiger partial charge in [0.15, 0.2) is 5.54 Å². The number of alkyl halides is 4. The summed E-state index contributed by atoms with van der Waals surface area (Å²) < 4.78 is 55.9. The summed E-state index contributed by atoms with van der Waals surface area (Å²) in [6.07, 6.45) is 2.92. The van der Waals surface area contributed by atoms with Crippen LogP contribution in [-0.2, 0) is 15.1 Å². The van der Waals surface area contributed by atoms with Crippen LogP contribution < -0.4 is 10.2 Å². The molecule has 12 heteroatoms. The summed E-state index contributed by atoms with van der Waals surface area (Å²) in [4.78, 5) is 35.8. The summed E-state index contributed by atoms with van der Waals surface area (Å²) in [7, 11) is 0. The number of hydrogen-bond donors (Lipinski definition) is 1. The summed E-state index contributed by atoms with van der Waals surface area (Å²) in [5, 5.41) is 5.20. The molecule has 2 amide bonds. The SMILES string of the molecule is C[C@@](C(=O)NC1CCC(F)(F)CC1)(c1cncc(F)c1)N(C(=O)[C@H](F)Cl)c1ccc(-c2nccs2)cc1. The predicted molar refractivity (Wildman–Crippen MR) is 133 cm³/mol. The van der Waals surface area contributed by atoms with Gasteiger partial charge in [0.2, 0.25) is 5.92 Å². The third-order valence-corrected chi connectivity index (χ3v) is 7.43. The number of anilines is 1. The zero-order valence-corrected chi connectivity index (χ0v) is 21.2. The molecule has 2 atom stereocenters. The van der Waals surface area contributed by atoms with Crippen LogP contribution in [0.4, 0.5) is 23.2 Å². The maximum absolute atomic E-state index is 14.3. The Morgan fingerprint density at radius 2 is 1.89 bits per heavy atom. The van der Waals surface area contributed by atoms with Gasteiger partial charge in [-0.2, -0.15) is 0 Å². The maximum Gasteiger partial charge on any atom is 0.278 e. The molecule has 1 N–H and O–H groups in total. The molecule has 1 aliphatic carbocycles. The number of aromatic nitrogens is 2. The van der Waals surface area contributed by atoms with Crippen LogP contribution >= 0.6 is 22.9 Å². The second-order valence-corrected chi connectivity index (χ2v) is 10.2. The molecule has 196 valence electrons. The van der Waals surface area contributed by atoms with E-state index in [1.54, 1.807) is 23.7 Å². The van der Waals surface area contributed by atoms with Gasteiger partial charge in [-0.15, -0.1) is 11.3 Å². The summed E-state index contributed by atoms with van der Waals surface area (Å²) >= 11 is 6.96. The number of thiazole rings is 1. The Kier molecular flexibility index (Phi) is 7.84. The van der Waals surface area contributed by atoms with Crippen molar-refractivity contribution in [2.75, 3.05) is 4.90 Å². The molecule has 4 rings (SSSR count). The Bertz CT molecular complexity index is 1250. The summed E-state index contributed by atoms with van der Waals surface area (Å²) in [5.41, 5.74) is -3.80. The highest BCUT2D eigenvalue weighted by Gasteiger charge is 2.48. The van der Waals surface area contributed by atoms with E-state index in [-0.39, 0.29) is 24.1 Å². The molecule has 6 nitrogen and oxygen atoms in total. The first-order chi connectivity index (χ1) is 17.5. The van der Waals surface area contributed by atoms with Crippen LogP contribution in [0.15, 0.2) is 54.3 Å². The van der Waals surface area contributed by atoms with Gasteiger partial charge in [0.1, 0.15) is 10.8 Å². The minimum atomic E-state index is -2.82. The number of halogens is 5. The van der Waals surface area contributed by atoms with Crippen LogP contribution in [0.2, 0.25) is 0 Å². The van der Waals surface area contributed by atoms with E-state index in [9.17, 15) is 27.2 Å². The van der Waals surface area contributed by atoms with Crippen molar-refractivity contribution in [2.24, 2.45) is 0 Å². The Morgan fingerprint density at radius 1 is 1.22 bits per heavy atom. The molecule has 2 aromatic heterocycles. The van der Waals surface area contributed by atoms with Gasteiger partial charge in [-0.1, -0.05) is 11.6 Å². The van der Waals surface area contributed by atoms with Crippen LogP contribution in [0.5, 0.6) is 0 Å². The van der Waals surface area contributed by atoms with Gasteiger partial charge in [-0.3, -0.25) is 19.5 Å². The normalized spacial score (nSPS) is 18.0. The molecule has 0 unspecified atom stereocenters. The zero-order chi connectivity index (χ0) is 26.8. The van der Waals surface area contributed by atoms with Crippen LogP contribution in [0.25, 0.3) is 10.6 Å². The molecule has 3 aromatic rings. The highest BCUT2D eigenvalue weighted by molar-refractivity contribution is 7.13. The maximum atomic E-state index is 14.3. The Morgan fingerprint density at radius 3 is 2.46 bits per heavy atom. The second-order valence-electron chi connectivity index (χ2n) is 8.93. The molecule has 1 saturated carbocycles. The molecular weight excluding hydrogens is 532 g/mol. The highest BCUT2D eigenvalue weighted by Crippen LogP contribution is 2.38. The van der Waals surface area contributed by atoms with Gasteiger partial charge in [-0.05, 0) is 50.1 Å². The number of nitrogens with one attached hydrogen (secondary N) is 1. The topological polar surface area (TPSA) is 75.2 Å². The fourth-order valence-electron chi connectivity index (χ4n) is 4.37. The van der Waals surface area contributed by atoms with E-state index in [2.05, 4.69) is 15.3 Å². The first-order valence-corrected chi connectivity index (χ1v) is 12.7. The lowest BCUT2D eigenvalue weighted by molar-refractivity contribution is -0.132. The number of carbonyl (C=O) groups excluding carboxylic acids is 2. The minimum absolute atomic E-state index is 0.00786. The van der Waals surface area contributed by atoms with Crippen molar-refractivity contribution in [1.29, 1.82) is 0 Å². The Hall–Kier alpha value is -3.05. The standard InChI is InChI=1S/C25H23ClF4N4O2S/c1-24(16-12-17(27)14-31-13-16,23(36)33-18-6-8-25(29,30)9-7-18)34(22(35)20(26)28)19-4-2-15(3-5-19)21-32-10-11-37-21/h2-5,10-14,18,20H,6-9H2,1H3,(H,33,36)/t20-,24-/m0/s1. The zero-order valence-electron chi connectivity index (χ0n) is 19.6. The summed E-state index contributed by atoms with van der Waals surface area (Å²) in [6, 6.07) is 6.66. The summed E-state index contributed by atoms with van der Waals surface area (Å²) in [6.45, 7) is 1.31. The Balaban J connectivity index is 1.78. The quantitative estimate of drug-likeness (QED) is 0.295. The van der Waals surface area contributed by atoms with Crippen molar-refractivity contribution in [3.63, 3.8) is 0 Å². The number of rotatable bonds is 7. The molecule has 0 radical (unpaired) electrons. The van der Waals surface area contributed by atoms with Crippen molar-refractivity contribution < 1.29 is 27.2 Å². The number of pyridine rings is 1. The molecule has 37 heavy (non-hydrogen) atoms. The third kappa shape index (κ3) is 5.77. The molecule has 0 aliphatic heterocycles. The van der Waals surface area contributed by atoms with Crippen molar-refractivity contribution in [1.82, 2.24) is 15.3 Å². The van der Waals surface area contributed by atoms with Gasteiger partial charge < -0.3 is 5.32 Å². The smallest absolute Gasteiger partial charge is 0.278 e. The van der Waals surface area contributed by atoms with E-state index in [0.717, 1.165) is 22.7 Å². The van der Waals surface area contributed by atoms with E-state index >= 15 is 0 Å². The van der Waals surface area contributed by atoms with Crippen molar-refractivity contribution in [2.45, 2.75) is 55.7 Å². The van der Waals surface area contributed by atoms with Crippen molar-refractivity contribution >= 4 is 40.4 Å². The molecule has 0 spiro atoms. The largest absolute Gasteiger partial charge is 0.351 e. The lowest BCUT2D eigenvalue weighted by Crippen LogP contribution is -2.60. The first-order valence-electron chi connectivity index (χ1n) is 11.4. The number of benzene rings is 1. The Labute approximate surface area is 219 Å². The van der Waals surface area contributed by atoms with Gasteiger partial charge >= 0.3 is 0 Å². The lowest BCUT2D eigenvalue weighted by Gasteiger charge is -2.41. The molecular formula is C25H23ClF4N4O2S. The van der Waals surface area contributed by atoms with E-state index in [0.29, 0.717) is 5.01 Å². The number of carbonyl (C=O) groups is 2. The van der Waals surface area contributed by atoms with Gasteiger partial charge in [0, 0.05) is 53.5 Å². The van der Waals surface area contributed by atoms with Crippen molar-refractivity contribution in [3.8, 4) is 10.6 Å². The van der Waals surface area contributed by atoms with Crippen LogP contribution in [0.1, 0.15) is 38.2 Å². The summed E-state index contributed by atoms with van der Waals surface area (Å²) in [5.74, 6) is -5.69. The van der Waals surface area contributed by atoms with E-state index in [1.165, 1.54) is 36.6 Å². The monoisotopic (exact) mass is 554 g/mol. The van der Waals surface area contributed by atoms with E-state index in [4.69, 9.17) is 11.6 Å². The van der Waals surface area contributed by atoms with Crippen LogP contribution in [-0.4, -0.2) is 39.4 Å². The van der Waals surface area contributed by atoms with Gasteiger partial charge in [0.05, 0.1) is 6.20 Å². The van der Waals surface area contributed by atoms with Gasteiger partial charge in [-0.25, -0.2) is 22.5 Å². The van der Waals surface area contributed by atoms with Crippen LogP contribution in [0.3, 0.4) is 0 Å². The predicted octanol–water partition coefficient (Wildman–Crippen LogP) is 5.82. The fourth-order valence-corrected chi connectivity index (χ4v) is 5.11. The minimum Gasteiger partial charge on any atom is -0.351 e. The lowest BCUT2D eigenvalue weighted by atomic mass is 9.87. The van der Waals surface area contributed by atoms with E-state index in [1.807, 2.05) is 0 Å². The van der Waals surface area contributed by atoms with Gasteiger partial charge in [0.25, 0.3) is 17.4 Å². The van der Waals surface area contributed by atoms with Crippen molar-refractivity contribution in [3.05, 3.63) is 65.7 Å². The number of amides is 2. The first kappa shape index (κ1) is 27.0. The fraction of sp³-hybridized carbons (Fsp3) is 0.360. The number of nitrogens with zero attached hydrogens (tertiary/aromatic N) is 3. The molecule has 1 aromatic carbocycles. The molecule has 0 saturated heterocycles. The molecule has 1 aliphatic rings. The molecule has 0 bridgehead atoms. The highest BCUT2D eigenvalue weighted by atomic mass is 35.5. The second kappa shape index (κ2) is 10.7. The van der Waals surface area contributed by atoms with Crippen LogP contribution in [0, 0.1) is 5.82 Å². The van der Waals surface area contributed by atoms with E-state index < -0.39 is 53.6 Å². The molecule has 2 heterocycles.